The van der Waals surface area contributed by atoms with Crippen LogP contribution in [0.2, 0.25) is 0 Å². The normalized spacial score (nSPS) is 16.2. The Morgan fingerprint density at radius 3 is 2.50 bits per heavy atom. The fourth-order valence-electron chi connectivity index (χ4n) is 2.06. The zero-order chi connectivity index (χ0) is 14.6. The monoisotopic (exact) mass is 293 g/mol. The maximum absolute atomic E-state index is 11.9. The Balaban J connectivity index is 1.79. The molecule has 1 aliphatic rings. The summed E-state index contributed by atoms with van der Waals surface area (Å²) in [4.78, 5) is 13.1. The molecule has 1 aliphatic carbocycles. The summed E-state index contributed by atoms with van der Waals surface area (Å²) < 4.78 is 0. The smallest absolute Gasteiger partial charge is 0.224 e. The highest BCUT2D eigenvalue weighted by atomic mass is 32.2. The van der Waals surface area contributed by atoms with Crippen molar-refractivity contribution in [1.29, 1.82) is 0 Å². The number of benzene rings is 1. The maximum atomic E-state index is 11.9. The third-order valence-corrected chi connectivity index (χ3v) is 4.63. The van der Waals surface area contributed by atoms with Gasteiger partial charge in [0.25, 0.3) is 0 Å². The van der Waals surface area contributed by atoms with Crippen molar-refractivity contribution in [2.45, 2.75) is 43.3 Å². The molecule has 0 aromatic heterocycles. The van der Waals surface area contributed by atoms with E-state index in [9.17, 15) is 9.90 Å². The standard InChI is InChI=1S/C16H23NO2S/c1-12(2)20-14-5-3-13(4-6-14)9-15(19)17-10-16(11-18)7-8-16/h3-6,12,18H,7-11H2,1-2H3,(H,17,19). The van der Waals surface area contributed by atoms with E-state index in [0.717, 1.165) is 18.4 Å². The number of hydrogen-bond acceptors (Lipinski definition) is 3. The van der Waals surface area contributed by atoms with Gasteiger partial charge < -0.3 is 10.4 Å². The van der Waals surface area contributed by atoms with E-state index >= 15 is 0 Å². The Bertz CT molecular complexity index is 452. The van der Waals surface area contributed by atoms with Gasteiger partial charge in [-0.2, -0.15) is 0 Å². The first-order valence-corrected chi connectivity index (χ1v) is 8.04. The van der Waals surface area contributed by atoms with E-state index in [4.69, 9.17) is 0 Å². The molecule has 0 unspecified atom stereocenters. The molecule has 1 aromatic carbocycles. The Labute approximate surface area is 125 Å². The van der Waals surface area contributed by atoms with Gasteiger partial charge in [-0.15, -0.1) is 11.8 Å². The van der Waals surface area contributed by atoms with Crippen LogP contribution in [0.1, 0.15) is 32.3 Å². The van der Waals surface area contributed by atoms with E-state index in [1.165, 1.54) is 4.90 Å². The predicted molar refractivity (Wildman–Crippen MR) is 82.9 cm³/mol. The molecule has 1 saturated carbocycles. The summed E-state index contributed by atoms with van der Waals surface area (Å²) in [5.41, 5.74) is 1.01. The fourth-order valence-corrected chi connectivity index (χ4v) is 2.90. The first kappa shape index (κ1) is 15.4. The Morgan fingerprint density at radius 2 is 2.00 bits per heavy atom. The second-order valence-electron chi connectivity index (χ2n) is 5.92. The molecule has 2 N–H and O–H groups in total. The number of nitrogens with one attached hydrogen (secondary N) is 1. The second kappa shape index (κ2) is 6.64. The molecule has 0 atom stereocenters. The van der Waals surface area contributed by atoms with Gasteiger partial charge in [-0.05, 0) is 30.5 Å². The van der Waals surface area contributed by atoms with Crippen LogP contribution >= 0.6 is 11.8 Å². The minimum atomic E-state index is -0.0204. The quantitative estimate of drug-likeness (QED) is 0.760. The maximum Gasteiger partial charge on any atom is 0.224 e. The molecule has 20 heavy (non-hydrogen) atoms. The number of carbonyl (C=O) groups excluding carboxylic acids is 1. The average molecular weight is 293 g/mol. The number of aliphatic hydroxyl groups is 1. The summed E-state index contributed by atoms with van der Waals surface area (Å²) in [7, 11) is 0. The summed E-state index contributed by atoms with van der Waals surface area (Å²) in [6.07, 6.45) is 2.45. The predicted octanol–water partition coefficient (Wildman–Crippen LogP) is 2.62. The molecule has 0 saturated heterocycles. The Hall–Kier alpha value is -1.00. The van der Waals surface area contributed by atoms with E-state index in [2.05, 4.69) is 31.3 Å². The number of amides is 1. The lowest BCUT2D eigenvalue weighted by Crippen LogP contribution is -2.32. The first-order chi connectivity index (χ1) is 9.53. The van der Waals surface area contributed by atoms with Crippen molar-refractivity contribution in [3.8, 4) is 0 Å². The fraction of sp³-hybridized carbons (Fsp3) is 0.562. The molecule has 1 fully saturated rings. The molecule has 0 aliphatic heterocycles. The van der Waals surface area contributed by atoms with Gasteiger partial charge in [0.2, 0.25) is 5.91 Å². The Morgan fingerprint density at radius 1 is 1.35 bits per heavy atom. The van der Waals surface area contributed by atoms with Crippen LogP contribution in [0.3, 0.4) is 0 Å². The topological polar surface area (TPSA) is 49.3 Å². The van der Waals surface area contributed by atoms with Gasteiger partial charge in [0, 0.05) is 22.1 Å². The van der Waals surface area contributed by atoms with Crippen LogP contribution in [-0.4, -0.2) is 29.4 Å². The lowest BCUT2D eigenvalue weighted by Gasteiger charge is -2.12. The third-order valence-electron chi connectivity index (χ3n) is 3.61. The molecule has 110 valence electrons. The first-order valence-electron chi connectivity index (χ1n) is 7.16. The van der Waals surface area contributed by atoms with Crippen LogP contribution < -0.4 is 5.32 Å². The highest BCUT2D eigenvalue weighted by molar-refractivity contribution is 7.99. The van der Waals surface area contributed by atoms with Crippen molar-refractivity contribution in [3.05, 3.63) is 29.8 Å². The molecular formula is C16H23NO2S. The van der Waals surface area contributed by atoms with Crippen LogP contribution in [0.5, 0.6) is 0 Å². The minimum Gasteiger partial charge on any atom is -0.396 e. The van der Waals surface area contributed by atoms with Crippen LogP contribution in [-0.2, 0) is 11.2 Å². The molecule has 0 spiro atoms. The van der Waals surface area contributed by atoms with Crippen molar-refractivity contribution in [1.82, 2.24) is 5.32 Å². The summed E-state index contributed by atoms with van der Waals surface area (Å²) in [5, 5.41) is 12.7. The van der Waals surface area contributed by atoms with E-state index < -0.39 is 0 Å². The zero-order valence-corrected chi connectivity index (χ0v) is 13.0. The minimum absolute atomic E-state index is 0.0204. The molecule has 1 aromatic rings. The van der Waals surface area contributed by atoms with Gasteiger partial charge in [-0.25, -0.2) is 0 Å². The summed E-state index contributed by atoms with van der Waals surface area (Å²) in [5.74, 6) is 0.0361. The molecule has 1 amide bonds. The lowest BCUT2D eigenvalue weighted by atomic mass is 10.1. The van der Waals surface area contributed by atoms with Crippen molar-refractivity contribution in [2.24, 2.45) is 5.41 Å². The van der Waals surface area contributed by atoms with E-state index in [1.807, 2.05) is 23.9 Å². The average Bonchev–Trinajstić information content (AvgIpc) is 3.19. The molecule has 0 heterocycles. The molecule has 2 rings (SSSR count). The molecule has 3 nitrogen and oxygen atoms in total. The number of hydrogen-bond donors (Lipinski definition) is 2. The lowest BCUT2D eigenvalue weighted by molar-refractivity contribution is -0.120. The number of rotatable bonds is 7. The molecule has 0 radical (unpaired) electrons. The van der Waals surface area contributed by atoms with Gasteiger partial charge in [0.05, 0.1) is 13.0 Å². The summed E-state index contributed by atoms with van der Waals surface area (Å²) >= 11 is 1.82. The highest BCUT2D eigenvalue weighted by Gasteiger charge is 2.41. The van der Waals surface area contributed by atoms with Crippen molar-refractivity contribution < 1.29 is 9.90 Å². The van der Waals surface area contributed by atoms with Crippen molar-refractivity contribution >= 4 is 17.7 Å². The number of carbonyl (C=O) groups is 1. The largest absolute Gasteiger partial charge is 0.396 e. The van der Waals surface area contributed by atoms with E-state index in [-0.39, 0.29) is 17.9 Å². The van der Waals surface area contributed by atoms with Crippen molar-refractivity contribution in [3.63, 3.8) is 0 Å². The zero-order valence-electron chi connectivity index (χ0n) is 12.2. The molecular weight excluding hydrogens is 270 g/mol. The van der Waals surface area contributed by atoms with E-state index in [1.54, 1.807) is 0 Å². The van der Waals surface area contributed by atoms with Gasteiger partial charge in [-0.3, -0.25) is 4.79 Å². The van der Waals surface area contributed by atoms with Crippen LogP contribution in [0.25, 0.3) is 0 Å². The highest BCUT2D eigenvalue weighted by Crippen LogP contribution is 2.44. The van der Waals surface area contributed by atoms with Gasteiger partial charge in [0.15, 0.2) is 0 Å². The molecule has 0 bridgehead atoms. The van der Waals surface area contributed by atoms with Gasteiger partial charge in [0.1, 0.15) is 0 Å². The van der Waals surface area contributed by atoms with Crippen LogP contribution in [0.15, 0.2) is 29.2 Å². The van der Waals surface area contributed by atoms with Crippen LogP contribution in [0, 0.1) is 5.41 Å². The van der Waals surface area contributed by atoms with Crippen LogP contribution in [0.4, 0.5) is 0 Å². The van der Waals surface area contributed by atoms with Gasteiger partial charge >= 0.3 is 0 Å². The number of thioether (sulfide) groups is 1. The second-order valence-corrected chi connectivity index (χ2v) is 7.57. The Kier molecular flexibility index (Phi) is 5.11. The SMILES string of the molecule is CC(C)Sc1ccc(CC(=O)NCC2(CO)CC2)cc1. The number of aliphatic hydroxyl groups excluding tert-OH is 1. The van der Waals surface area contributed by atoms with E-state index in [0.29, 0.717) is 18.2 Å². The van der Waals surface area contributed by atoms with Gasteiger partial charge in [-0.1, -0.05) is 26.0 Å². The van der Waals surface area contributed by atoms with Crippen molar-refractivity contribution in [2.75, 3.05) is 13.2 Å². The molecule has 4 heteroatoms. The third kappa shape index (κ3) is 4.53. The summed E-state index contributed by atoms with van der Waals surface area (Å²) in [6.45, 7) is 5.11. The summed E-state index contributed by atoms with van der Waals surface area (Å²) in [6, 6.07) is 8.18.